The predicted octanol–water partition coefficient (Wildman–Crippen LogP) is 2.47. The number of carbonyl (C=O) groups excluding carboxylic acids is 1. The Morgan fingerprint density at radius 1 is 1.19 bits per heavy atom. The first-order valence-corrected chi connectivity index (χ1v) is 10.1. The Hall–Kier alpha value is -2.54. The number of nitrogens with one attached hydrogen (secondary N) is 1. The Labute approximate surface area is 154 Å². The average Bonchev–Trinajstić information content (AvgIpc) is 2.59. The molecule has 2 aromatic rings. The summed E-state index contributed by atoms with van der Waals surface area (Å²) in [6.45, 7) is 4.11. The minimum absolute atomic E-state index is 0.219. The number of hydrogen-bond donors (Lipinski definition) is 1. The summed E-state index contributed by atoms with van der Waals surface area (Å²) in [5, 5.41) is 2.84. The van der Waals surface area contributed by atoms with E-state index in [-0.39, 0.29) is 5.91 Å². The molecule has 0 fully saturated rings. The molecule has 0 saturated carbocycles. The number of rotatable bonds is 7. The van der Waals surface area contributed by atoms with Crippen molar-refractivity contribution in [3.8, 4) is 5.75 Å². The number of hydrogen-bond acceptors (Lipinski definition) is 4. The van der Waals surface area contributed by atoms with Crippen molar-refractivity contribution in [3.63, 3.8) is 0 Å². The number of amides is 1. The van der Waals surface area contributed by atoms with Crippen LogP contribution in [0.5, 0.6) is 5.75 Å². The second-order valence-corrected chi connectivity index (χ2v) is 8.21. The van der Waals surface area contributed by atoms with Gasteiger partial charge in [-0.15, -0.1) is 0 Å². The Bertz CT molecular complexity index is 863. The number of aryl methyl sites for hydroxylation is 1. The second kappa shape index (κ2) is 8.23. The fourth-order valence-electron chi connectivity index (χ4n) is 2.34. The molecule has 0 bridgehead atoms. The van der Waals surface area contributed by atoms with E-state index in [9.17, 15) is 13.2 Å². The van der Waals surface area contributed by atoms with Crippen LogP contribution >= 0.6 is 0 Å². The van der Waals surface area contributed by atoms with Crippen LogP contribution in [0.3, 0.4) is 0 Å². The predicted molar refractivity (Wildman–Crippen MR) is 103 cm³/mol. The maximum absolute atomic E-state index is 12.2. The van der Waals surface area contributed by atoms with Crippen LogP contribution in [0.4, 0.5) is 5.69 Å². The highest BCUT2D eigenvalue weighted by Gasteiger charge is 2.15. The molecule has 0 radical (unpaired) electrons. The molecule has 1 N–H and O–H groups in total. The zero-order valence-corrected chi connectivity index (χ0v) is 16.2. The Morgan fingerprint density at radius 2 is 1.85 bits per heavy atom. The van der Waals surface area contributed by atoms with Crippen molar-refractivity contribution >= 4 is 21.6 Å². The molecular formula is C19H24N2O4S. The average molecular weight is 376 g/mol. The highest BCUT2D eigenvalue weighted by Crippen LogP contribution is 2.21. The molecule has 0 heterocycles. The van der Waals surface area contributed by atoms with Crippen molar-refractivity contribution in [2.75, 3.05) is 17.6 Å². The molecule has 0 aromatic heterocycles. The van der Waals surface area contributed by atoms with Gasteiger partial charge in [0, 0.05) is 13.6 Å². The molecular weight excluding hydrogens is 352 g/mol. The standard InChI is InChI=1S/C19H24N2O4S/c1-14-6-5-7-16(12-14)13-20-19(22)15(2)25-18-10-8-17(9-11-18)21(3)26(4,23)24/h5-12,15H,13H2,1-4H3,(H,20,22). The van der Waals surface area contributed by atoms with E-state index in [0.717, 1.165) is 17.4 Å². The second-order valence-electron chi connectivity index (χ2n) is 6.19. The molecule has 7 heteroatoms. The monoisotopic (exact) mass is 376 g/mol. The molecule has 26 heavy (non-hydrogen) atoms. The van der Waals surface area contributed by atoms with Gasteiger partial charge in [-0.3, -0.25) is 9.10 Å². The van der Waals surface area contributed by atoms with E-state index in [1.54, 1.807) is 31.2 Å². The fourth-order valence-corrected chi connectivity index (χ4v) is 2.84. The zero-order valence-electron chi connectivity index (χ0n) is 15.4. The van der Waals surface area contributed by atoms with E-state index in [2.05, 4.69) is 5.32 Å². The van der Waals surface area contributed by atoms with Gasteiger partial charge in [0.25, 0.3) is 5.91 Å². The molecule has 0 saturated heterocycles. The highest BCUT2D eigenvalue weighted by molar-refractivity contribution is 7.92. The molecule has 0 spiro atoms. The van der Waals surface area contributed by atoms with E-state index < -0.39 is 16.1 Å². The summed E-state index contributed by atoms with van der Waals surface area (Å²) in [6.07, 6.45) is 0.469. The first-order valence-electron chi connectivity index (χ1n) is 8.20. The quantitative estimate of drug-likeness (QED) is 0.805. The van der Waals surface area contributed by atoms with Crippen LogP contribution in [-0.2, 0) is 21.4 Å². The third-order valence-corrected chi connectivity index (χ3v) is 5.13. The number of anilines is 1. The fraction of sp³-hybridized carbons (Fsp3) is 0.316. The van der Waals surface area contributed by atoms with Crippen LogP contribution < -0.4 is 14.4 Å². The Kier molecular flexibility index (Phi) is 6.26. The third-order valence-electron chi connectivity index (χ3n) is 3.93. The molecule has 0 aliphatic rings. The van der Waals surface area contributed by atoms with E-state index in [4.69, 9.17) is 4.74 Å². The SMILES string of the molecule is Cc1cccc(CNC(=O)C(C)Oc2ccc(N(C)S(C)(=O)=O)cc2)c1. The van der Waals surface area contributed by atoms with Crippen LogP contribution in [0.25, 0.3) is 0 Å². The molecule has 140 valence electrons. The van der Waals surface area contributed by atoms with Crippen molar-refractivity contribution in [2.45, 2.75) is 26.5 Å². The number of nitrogens with zero attached hydrogens (tertiary/aromatic N) is 1. The lowest BCUT2D eigenvalue weighted by Crippen LogP contribution is -2.35. The number of benzene rings is 2. The van der Waals surface area contributed by atoms with Gasteiger partial charge in [-0.05, 0) is 43.7 Å². The lowest BCUT2D eigenvalue weighted by molar-refractivity contribution is -0.127. The molecule has 6 nitrogen and oxygen atoms in total. The lowest BCUT2D eigenvalue weighted by Gasteiger charge is -2.18. The van der Waals surface area contributed by atoms with Crippen molar-refractivity contribution in [1.29, 1.82) is 0 Å². The van der Waals surface area contributed by atoms with E-state index >= 15 is 0 Å². The highest BCUT2D eigenvalue weighted by atomic mass is 32.2. The summed E-state index contributed by atoms with van der Waals surface area (Å²) in [4.78, 5) is 12.2. The maximum atomic E-state index is 12.2. The van der Waals surface area contributed by atoms with Crippen LogP contribution in [0.2, 0.25) is 0 Å². The van der Waals surface area contributed by atoms with E-state index in [1.165, 1.54) is 11.4 Å². The lowest BCUT2D eigenvalue weighted by atomic mass is 10.1. The molecule has 0 aliphatic heterocycles. The third kappa shape index (κ3) is 5.49. The van der Waals surface area contributed by atoms with Gasteiger partial charge in [0.05, 0.1) is 11.9 Å². The molecule has 1 atom stereocenters. The van der Waals surface area contributed by atoms with Crippen molar-refractivity contribution in [3.05, 3.63) is 59.7 Å². The summed E-state index contributed by atoms with van der Waals surface area (Å²) < 4.78 is 29.9. The summed E-state index contributed by atoms with van der Waals surface area (Å²) in [5.41, 5.74) is 2.69. The molecule has 2 aromatic carbocycles. The van der Waals surface area contributed by atoms with Crippen molar-refractivity contribution < 1.29 is 17.9 Å². The Balaban J connectivity index is 1.92. The molecule has 2 rings (SSSR count). The minimum Gasteiger partial charge on any atom is -0.481 e. The summed E-state index contributed by atoms with van der Waals surface area (Å²) >= 11 is 0. The van der Waals surface area contributed by atoms with Gasteiger partial charge in [-0.25, -0.2) is 8.42 Å². The van der Waals surface area contributed by atoms with Crippen LogP contribution in [-0.4, -0.2) is 33.7 Å². The number of carbonyl (C=O) groups is 1. The maximum Gasteiger partial charge on any atom is 0.261 e. The number of sulfonamides is 1. The van der Waals surface area contributed by atoms with Gasteiger partial charge < -0.3 is 10.1 Å². The van der Waals surface area contributed by atoms with Crippen LogP contribution in [0.1, 0.15) is 18.1 Å². The van der Waals surface area contributed by atoms with Crippen molar-refractivity contribution in [1.82, 2.24) is 5.32 Å². The van der Waals surface area contributed by atoms with Crippen LogP contribution in [0.15, 0.2) is 48.5 Å². The molecule has 1 unspecified atom stereocenters. The zero-order chi connectivity index (χ0) is 19.3. The molecule has 1 amide bonds. The minimum atomic E-state index is -3.31. The first kappa shape index (κ1) is 19.8. The van der Waals surface area contributed by atoms with Gasteiger partial charge in [0.15, 0.2) is 6.10 Å². The van der Waals surface area contributed by atoms with E-state index in [0.29, 0.717) is 18.0 Å². The number of ether oxygens (including phenoxy) is 1. The van der Waals surface area contributed by atoms with Gasteiger partial charge in [0.1, 0.15) is 5.75 Å². The molecule has 0 aliphatic carbocycles. The van der Waals surface area contributed by atoms with Crippen molar-refractivity contribution in [2.24, 2.45) is 0 Å². The first-order chi connectivity index (χ1) is 12.2. The Morgan fingerprint density at radius 3 is 2.42 bits per heavy atom. The summed E-state index contributed by atoms with van der Waals surface area (Å²) in [7, 11) is -1.83. The van der Waals surface area contributed by atoms with Crippen LogP contribution in [0, 0.1) is 6.92 Å². The van der Waals surface area contributed by atoms with Gasteiger partial charge in [-0.1, -0.05) is 29.8 Å². The topological polar surface area (TPSA) is 75.7 Å². The normalized spacial score (nSPS) is 12.3. The van der Waals surface area contributed by atoms with E-state index in [1.807, 2.05) is 31.2 Å². The van der Waals surface area contributed by atoms with Gasteiger partial charge in [-0.2, -0.15) is 0 Å². The smallest absolute Gasteiger partial charge is 0.261 e. The van der Waals surface area contributed by atoms with Gasteiger partial charge in [0.2, 0.25) is 10.0 Å². The summed E-state index contributed by atoms with van der Waals surface area (Å²) in [6, 6.07) is 14.5. The van der Waals surface area contributed by atoms with Gasteiger partial charge >= 0.3 is 0 Å². The largest absolute Gasteiger partial charge is 0.481 e. The summed E-state index contributed by atoms with van der Waals surface area (Å²) in [5.74, 6) is 0.276.